The third-order valence-electron chi connectivity index (χ3n) is 5.61. The van der Waals surface area contributed by atoms with Crippen LogP contribution in [0.1, 0.15) is 73.8 Å². The average molecular weight is 395 g/mol. The molecule has 0 spiro atoms. The van der Waals surface area contributed by atoms with E-state index >= 15 is 0 Å². The number of aliphatic hydroxyl groups is 2. The molecule has 2 saturated carbocycles. The molecule has 0 radical (unpaired) electrons. The summed E-state index contributed by atoms with van der Waals surface area (Å²) in [4.78, 5) is 12.0. The molecule has 4 nitrogen and oxygen atoms in total. The molecule has 1 unspecified atom stereocenters. The largest absolute Gasteiger partial charge is 0.466 e. The van der Waals surface area contributed by atoms with Gasteiger partial charge in [0, 0.05) is 26.9 Å². The van der Waals surface area contributed by atoms with E-state index in [-0.39, 0.29) is 30.3 Å². The lowest BCUT2D eigenvalue weighted by atomic mass is 9.89. The van der Waals surface area contributed by atoms with Gasteiger partial charge in [-0.15, -0.1) is 11.8 Å². The van der Waals surface area contributed by atoms with Gasteiger partial charge in [-0.05, 0) is 63.6 Å². The second-order valence-corrected chi connectivity index (χ2v) is 7.61. The third-order valence-corrected chi connectivity index (χ3v) is 5.61. The Kier molecular flexibility index (Phi) is 6.25. The molecule has 2 aliphatic carbocycles. The SMILES string of the molecule is [2H]C([2H])(/C=C1\C[C@H]2C[C@@H](O)[C@H](/C=C/[C@@H](O)C(C)CC#CC)[C@H]2C1)C([2H])([2H])C([2H])([2H])C(=O)OCC. The zero-order valence-electron chi connectivity index (χ0n) is 22.9. The fourth-order valence-electron chi connectivity index (χ4n) is 4.10. The lowest BCUT2D eigenvalue weighted by Gasteiger charge is -2.19. The highest BCUT2D eigenvalue weighted by Crippen LogP contribution is 2.50. The molecule has 2 N–H and O–H groups in total. The van der Waals surface area contributed by atoms with Crippen molar-refractivity contribution in [3.8, 4) is 11.8 Å². The highest BCUT2D eigenvalue weighted by atomic mass is 16.5. The minimum atomic E-state index is -3.17. The number of hydrogen-bond acceptors (Lipinski definition) is 4. The summed E-state index contributed by atoms with van der Waals surface area (Å²) in [5.41, 5.74) is 0.640. The summed E-state index contributed by atoms with van der Waals surface area (Å²) in [6.45, 7) is 4.97. The molecule has 0 aliphatic heterocycles. The number of hydrogen-bond donors (Lipinski definition) is 2. The molecular weight excluding hydrogens is 352 g/mol. The molecule has 6 atom stereocenters. The minimum absolute atomic E-state index is 0.0129. The predicted octanol–water partition coefficient (Wildman–Crippen LogP) is 4.02. The van der Waals surface area contributed by atoms with Crippen molar-refractivity contribution < 1.29 is 28.0 Å². The van der Waals surface area contributed by atoms with Gasteiger partial charge in [0.05, 0.1) is 18.8 Å². The summed E-state index contributed by atoms with van der Waals surface area (Å²) in [5, 5.41) is 20.9. The van der Waals surface area contributed by atoms with E-state index in [2.05, 4.69) is 16.6 Å². The molecule has 2 aliphatic rings. The summed E-state index contributed by atoms with van der Waals surface area (Å²) in [6, 6.07) is 0. The molecule has 0 heterocycles. The Morgan fingerprint density at radius 3 is 2.96 bits per heavy atom. The van der Waals surface area contributed by atoms with Crippen LogP contribution in [0.2, 0.25) is 0 Å². The number of esters is 1. The van der Waals surface area contributed by atoms with Gasteiger partial charge >= 0.3 is 5.97 Å². The molecule has 0 saturated heterocycles. The number of rotatable bonds is 9. The highest BCUT2D eigenvalue weighted by Gasteiger charge is 2.44. The van der Waals surface area contributed by atoms with E-state index in [4.69, 9.17) is 8.22 Å². The molecular formula is C24H36O4. The van der Waals surface area contributed by atoms with Gasteiger partial charge in [0.2, 0.25) is 0 Å². The van der Waals surface area contributed by atoms with Crippen LogP contribution in [-0.2, 0) is 9.53 Å². The fraction of sp³-hybridized carbons (Fsp3) is 0.708. The Morgan fingerprint density at radius 2 is 2.25 bits per heavy atom. The normalized spacial score (nSPS) is 34.8. The maximum absolute atomic E-state index is 12.0. The minimum Gasteiger partial charge on any atom is -0.466 e. The molecule has 4 heteroatoms. The van der Waals surface area contributed by atoms with Crippen LogP contribution in [-0.4, -0.2) is 35.0 Å². The molecule has 156 valence electrons. The van der Waals surface area contributed by atoms with Gasteiger partial charge < -0.3 is 14.9 Å². The fourth-order valence-corrected chi connectivity index (χ4v) is 4.10. The van der Waals surface area contributed by atoms with Gasteiger partial charge in [-0.1, -0.05) is 30.7 Å². The van der Waals surface area contributed by atoms with E-state index in [0.717, 1.165) is 6.08 Å². The Labute approximate surface area is 178 Å². The molecule has 0 amide bonds. The average Bonchev–Trinajstić information content (AvgIpc) is 3.25. The first-order valence-corrected chi connectivity index (χ1v) is 10.0. The predicted molar refractivity (Wildman–Crippen MR) is 111 cm³/mol. The molecule has 0 aromatic heterocycles. The van der Waals surface area contributed by atoms with Crippen LogP contribution in [0.5, 0.6) is 0 Å². The van der Waals surface area contributed by atoms with E-state index in [1.807, 2.05) is 13.0 Å². The first-order valence-electron chi connectivity index (χ1n) is 13.0. The topological polar surface area (TPSA) is 66.8 Å². The van der Waals surface area contributed by atoms with Crippen LogP contribution < -0.4 is 0 Å². The van der Waals surface area contributed by atoms with E-state index in [1.165, 1.54) is 6.92 Å². The molecule has 0 aromatic rings. The van der Waals surface area contributed by atoms with Crippen molar-refractivity contribution in [3.63, 3.8) is 0 Å². The van der Waals surface area contributed by atoms with Crippen molar-refractivity contribution in [1.29, 1.82) is 0 Å². The quantitative estimate of drug-likeness (QED) is 0.352. The van der Waals surface area contributed by atoms with Gasteiger partial charge in [-0.3, -0.25) is 4.79 Å². The van der Waals surface area contributed by atoms with E-state index in [9.17, 15) is 15.0 Å². The number of fused-ring (bicyclic) bond motifs is 1. The Bertz CT molecular complexity index is 857. The van der Waals surface area contributed by atoms with Gasteiger partial charge in [-0.25, -0.2) is 0 Å². The van der Waals surface area contributed by atoms with Gasteiger partial charge in [0.1, 0.15) is 0 Å². The zero-order valence-corrected chi connectivity index (χ0v) is 16.9. The molecule has 0 bridgehead atoms. The van der Waals surface area contributed by atoms with Crippen LogP contribution in [0, 0.1) is 35.5 Å². The van der Waals surface area contributed by atoms with Crippen molar-refractivity contribution in [2.45, 2.75) is 77.8 Å². The highest BCUT2D eigenvalue weighted by molar-refractivity contribution is 5.69. The molecule has 0 aromatic carbocycles. The van der Waals surface area contributed by atoms with Crippen LogP contribution in [0.3, 0.4) is 0 Å². The van der Waals surface area contributed by atoms with Crippen LogP contribution in [0.4, 0.5) is 0 Å². The Balaban J connectivity index is 2.17. The van der Waals surface area contributed by atoms with Crippen molar-refractivity contribution >= 4 is 5.97 Å². The maximum atomic E-state index is 12.0. The van der Waals surface area contributed by atoms with Gasteiger partial charge in [0.25, 0.3) is 0 Å². The lowest BCUT2D eigenvalue weighted by molar-refractivity contribution is -0.143. The van der Waals surface area contributed by atoms with Crippen molar-refractivity contribution in [2.24, 2.45) is 23.7 Å². The zero-order chi connectivity index (χ0) is 25.9. The summed E-state index contributed by atoms with van der Waals surface area (Å²) in [6.07, 6.45) is -3.76. The number of allylic oxidation sites excluding steroid dienone is 2. The molecule has 2 fully saturated rings. The maximum Gasteiger partial charge on any atom is 0.305 e. The van der Waals surface area contributed by atoms with Crippen molar-refractivity contribution in [3.05, 3.63) is 23.8 Å². The van der Waals surface area contributed by atoms with E-state index in [1.54, 1.807) is 13.0 Å². The second-order valence-electron chi connectivity index (χ2n) is 7.61. The lowest BCUT2D eigenvalue weighted by Crippen LogP contribution is -2.19. The first kappa shape index (κ1) is 15.3. The molecule has 2 rings (SSSR count). The van der Waals surface area contributed by atoms with E-state index < -0.39 is 37.3 Å². The monoisotopic (exact) mass is 394 g/mol. The standard InChI is InChI=1S/C24H36O4/c1-4-6-9-17(3)22(25)13-12-20-21-15-18(14-19(21)16-23(20)26)10-7-8-11-24(27)28-5-2/h10,12-13,17,19-23,25-26H,5,7-9,11,14-16H2,1-3H3/b13-12+,18-10+/t17?,19-,20+,21-,22+,23+/m0/s1/i7D2,8D2,11D2. The smallest absolute Gasteiger partial charge is 0.305 e. The Morgan fingerprint density at radius 1 is 1.46 bits per heavy atom. The first-order chi connectivity index (χ1) is 15.7. The third kappa shape index (κ3) is 6.50. The van der Waals surface area contributed by atoms with Crippen molar-refractivity contribution in [1.82, 2.24) is 0 Å². The van der Waals surface area contributed by atoms with E-state index in [0.29, 0.717) is 31.3 Å². The summed E-state index contributed by atoms with van der Waals surface area (Å²) >= 11 is 0. The van der Waals surface area contributed by atoms with Crippen LogP contribution in [0.25, 0.3) is 0 Å². The number of aliphatic hydroxyl groups excluding tert-OH is 2. The van der Waals surface area contributed by atoms with Gasteiger partial charge in [0.15, 0.2) is 0 Å². The molecule has 28 heavy (non-hydrogen) atoms. The van der Waals surface area contributed by atoms with Crippen molar-refractivity contribution in [2.75, 3.05) is 6.61 Å². The van der Waals surface area contributed by atoms with Gasteiger partial charge in [-0.2, -0.15) is 0 Å². The second kappa shape index (κ2) is 11.4. The number of carbonyl (C=O) groups excluding carboxylic acids is 1. The summed E-state index contributed by atoms with van der Waals surface area (Å²) in [7, 11) is 0. The Hall–Kier alpha value is -1.57. The number of ether oxygens (including phenoxy) is 1. The number of carbonyl (C=O) groups is 1. The summed E-state index contributed by atoms with van der Waals surface area (Å²) in [5.74, 6) is 4.14. The van der Waals surface area contributed by atoms with Crippen LogP contribution >= 0.6 is 0 Å². The van der Waals surface area contributed by atoms with Crippen LogP contribution in [0.15, 0.2) is 23.8 Å². The summed E-state index contributed by atoms with van der Waals surface area (Å²) < 4.78 is 53.2.